The second-order valence-electron chi connectivity index (χ2n) is 6.29. The van der Waals surface area contributed by atoms with Crippen molar-refractivity contribution in [3.63, 3.8) is 0 Å². The molecule has 1 atom stereocenters. The van der Waals surface area contributed by atoms with E-state index < -0.39 is 6.04 Å². The first-order valence-corrected chi connectivity index (χ1v) is 8.63. The zero-order valence-electron chi connectivity index (χ0n) is 15.5. The lowest BCUT2D eigenvalue weighted by Crippen LogP contribution is -2.36. The molecule has 7 heteroatoms. The second kappa shape index (κ2) is 7.90. The molecule has 0 spiro atoms. The molecule has 1 aromatic heterocycles. The third kappa shape index (κ3) is 4.08. The van der Waals surface area contributed by atoms with Gasteiger partial charge in [0.25, 0.3) is 0 Å². The minimum absolute atomic E-state index is 0.132. The fourth-order valence-electron chi connectivity index (χ4n) is 2.84. The number of ether oxygens (including phenoxy) is 1. The number of nitrogens with one attached hydrogen (secondary N) is 2. The first kappa shape index (κ1) is 18.4. The molecule has 0 aliphatic rings. The number of methoxy groups -OCH3 is 1. The highest BCUT2D eigenvalue weighted by molar-refractivity contribution is 5.96. The van der Waals surface area contributed by atoms with Crippen molar-refractivity contribution in [2.24, 2.45) is 0 Å². The summed E-state index contributed by atoms with van der Waals surface area (Å²) in [5.41, 5.74) is 3.26. The third-order valence-corrected chi connectivity index (χ3v) is 4.33. The van der Waals surface area contributed by atoms with Gasteiger partial charge in [-0.05, 0) is 43.7 Å². The average Bonchev–Trinajstić information content (AvgIpc) is 3.10. The summed E-state index contributed by atoms with van der Waals surface area (Å²) in [6.07, 6.45) is 1.63. The molecule has 140 valence electrons. The van der Waals surface area contributed by atoms with E-state index in [9.17, 15) is 9.59 Å². The smallest absolute Gasteiger partial charge is 0.243 e. The van der Waals surface area contributed by atoms with Crippen molar-refractivity contribution in [1.29, 1.82) is 0 Å². The highest BCUT2D eigenvalue weighted by atomic mass is 16.5. The fraction of sp³-hybridized carbons (Fsp3) is 0.250. The third-order valence-electron chi connectivity index (χ3n) is 4.33. The van der Waals surface area contributed by atoms with Gasteiger partial charge in [0.1, 0.15) is 11.8 Å². The Morgan fingerprint density at radius 3 is 2.78 bits per heavy atom. The second-order valence-corrected chi connectivity index (χ2v) is 6.29. The van der Waals surface area contributed by atoms with Gasteiger partial charge in [-0.2, -0.15) is 0 Å². The van der Waals surface area contributed by atoms with E-state index in [4.69, 9.17) is 4.74 Å². The van der Waals surface area contributed by atoms with Gasteiger partial charge in [0.05, 0.1) is 36.7 Å². The number of nitrogens with zero attached hydrogens (tertiary/aromatic N) is 2. The van der Waals surface area contributed by atoms with Crippen molar-refractivity contribution in [3.05, 3.63) is 54.4 Å². The quantitative estimate of drug-likeness (QED) is 0.702. The van der Waals surface area contributed by atoms with E-state index in [2.05, 4.69) is 15.6 Å². The summed E-state index contributed by atoms with van der Waals surface area (Å²) in [7, 11) is 1.54. The van der Waals surface area contributed by atoms with Crippen LogP contribution in [0.1, 0.15) is 18.5 Å². The Morgan fingerprint density at radius 2 is 2.00 bits per heavy atom. The van der Waals surface area contributed by atoms with Gasteiger partial charge in [0.2, 0.25) is 11.8 Å². The molecular weight excluding hydrogens is 344 g/mol. The summed E-state index contributed by atoms with van der Waals surface area (Å²) in [6.45, 7) is 3.56. The number of aromatic nitrogens is 2. The van der Waals surface area contributed by atoms with Crippen LogP contribution in [0.4, 0.5) is 5.69 Å². The first-order chi connectivity index (χ1) is 13.0. The summed E-state index contributed by atoms with van der Waals surface area (Å²) in [5, 5.41) is 5.43. The van der Waals surface area contributed by atoms with Crippen LogP contribution >= 0.6 is 0 Å². The lowest BCUT2D eigenvalue weighted by Gasteiger charge is -2.15. The Morgan fingerprint density at radius 1 is 1.22 bits per heavy atom. The number of aryl methyl sites for hydroxylation is 1. The van der Waals surface area contributed by atoms with Gasteiger partial charge in [0.15, 0.2) is 0 Å². The molecule has 3 rings (SSSR count). The predicted molar refractivity (Wildman–Crippen MR) is 104 cm³/mol. The van der Waals surface area contributed by atoms with Crippen molar-refractivity contribution in [2.75, 3.05) is 19.0 Å². The number of carbonyl (C=O) groups is 2. The van der Waals surface area contributed by atoms with Crippen molar-refractivity contribution < 1.29 is 14.3 Å². The van der Waals surface area contributed by atoms with E-state index in [-0.39, 0.29) is 18.4 Å². The first-order valence-electron chi connectivity index (χ1n) is 8.63. The zero-order valence-corrected chi connectivity index (χ0v) is 15.5. The minimum atomic E-state index is -0.487. The number of rotatable bonds is 6. The summed E-state index contributed by atoms with van der Waals surface area (Å²) in [5.74, 6) is -0.0158. The summed E-state index contributed by atoms with van der Waals surface area (Å²) < 4.78 is 7.03. The highest BCUT2D eigenvalue weighted by Crippen LogP contribution is 2.25. The number of benzene rings is 2. The van der Waals surface area contributed by atoms with Crippen molar-refractivity contribution >= 4 is 28.5 Å². The summed E-state index contributed by atoms with van der Waals surface area (Å²) >= 11 is 0. The van der Waals surface area contributed by atoms with Crippen molar-refractivity contribution in [2.45, 2.75) is 19.9 Å². The number of hydrogen-bond acceptors (Lipinski definition) is 4. The monoisotopic (exact) mass is 366 g/mol. The fourth-order valence-corrected chi connectivity index (χ4v) is 2.84. The van der Waals surface area contributed by atoms with E-state index in [0.29, 0.717) is 11.4 Å². The van der Waals surface area contributed by atoms with Gasteiger partial charge in [-0.15, -0.1) is 0 Å². The molecule has 3 aromatic rings. The Labute approximate surface area is 157 Å². The van der Waals surface area contributed by atoms with Gasteiger partial charge in [0, 0.05) is 0 Å². The molecule has 1 unspecified atom stereocenters. The number of para-hydroxylation sites is 2. The van der Waals surface area contributed by atoms with Crippen molar-refractivity contribution in [3.8, 4) is 5.75 Å². The highest BCUT2D eigenvalue weighted by Gasteiger charge is 2.18. The molecule has 1 heterocycles. The maximum absolute atomic E-state index is 12.5. The van der Waals surface area contributed by atoms with E-state index in [1.165, 1.54) is 0 Å². The van der Waals surface area contributed by atoms with Crippen LogP contribution in [-0.4, -0.2) is 35.0 Å². The zero-order chi connectivity index (χ0) is 19.4. The van der Waals surface area contributed by atoms with E-state index in [0.717, 1.165) is 16.6 Å². The number of amides is 2. The molecular formula is C20H22N4O3. The standard InChI is InChI=1S/C20H22N4O3/c1-13-8-9-18(27-3)16(10-13)23-19(25)11-21-20(26)14(2)24-12-22-15-6-4-5-7-17(15)24/h4-10,12,14H,11H2,1-3H3,(H,21,26)(H,23,25). The van der Waals surface area contributed by atoms with Gasteiger partial charge in [-0.1, -0.05) is 18.2 Å². The van der Waals surface area contributed by atoms with Crippen LogP contribution < -0.4 is 15.4 Å². The number of carbonyl (C=O) groups excluding carboxylic acids is 2. The normalized spacial score (nSPS) is 11.8. The van der Waals surface area contributed by atoms with E-state index in [1.54, 1.807) is 31.0 Å². The molecule has 0 aliphatic heterocycles. The van der Waals surface area contributed by atoms with Crippen LogP contribution in [0.2, 0.25) is 0 Å². The van der Waals surface area contributed by atoms with Crippen LogP contribution in [0.25, 0.3) is 11.0 Å². The Hall–Kier alpha value is -3.35. The number of hydrogen-bond donors (Lipinski definition) is 2. The number of fused-ring (bicyclic) bond motifs is 1. The van der Waals surface area contributed by atoms with Crippen LogP contribution in [0.3, 0.4) is 0 Å². The molecule has 0 bridgehead atoms. The van der Waals surface area contributed by atoms with Crippen LogP contribution in [-0.2, 0) is 9.59 Å². The average molecular weight is 366 g/mol. The molecule has 2 aromatic carbocycles. The maximum atomic E-state index is 12.5. The molecule has 7 nitrogen and oxygen atoms in total. The van der Waals surface area contributed by atoms with Crippen LogP contribution in [0.5, 0.6) is 5.75 Å². The largest absolute Gasteiger partial charge is 0.495 e. The van der Waals surface area contributed by atoms with Gasteiger partial charge in [-0.25, -0.2) is 4.98 Å². The van der Waals surface area contributed by atoms with Crippen LogP contribution in [0, 0.1) is 6.92 Å². The Balaban J connectivity index is 1.62. The molecule has 2 N–H and O–H groups in total. The molecule has 2 amide bonds. The Kier molecular flexibility index (Phi) is 5.40. The van der Waals surface area contributed by atoms with E-state index >= 15 is 0 Å². The predicted octanol–water partition coefficient (Wildman–Crippen LogP) is 2.67. The molecule has 0 aliphatic carbocycles. The SMILES string of the molecule is COc1ccc(C)cc1NC(=O)CNC(=O)C(C)n1cnc2ccccc21. The minimum Gasteiger partial charge on any atom is -0.495 e. The molecule has 0 saturated heterocycles. The number of anilines is 1. The summed E-state index contributed by atoms with van der Waals surface area (Å²) in [4.78, 5) is 29.0. The van der Waals surface area contributed by atoms with Gasteiger partial charge >= 0.3 is 0 Å². The lowest BCUT2D eigenvalue weighted by molar-refractivity contribution is -0.126. The molecule has 0 saturated carbocycles. The molecule has 27 heavy (non-hydrogen) atoms. The maximum Gasteiger partial charge on any atom is 0.243 e. The number of imidazole rings is 1. The molecule has 0 radical (unpaired) electrons. The molecule has 0 fully saturated rings. The summed E-state index contributed by atoms with van der Waals surface area (Å²) in [6, 6.07) is 12.6. The van der Waals surface area contributed by atoms with Gasteiger partial charge in [-0.3, -0.25) is 9.59 Å². The van der Waals surface area contributed by atoms with Gasteiger partial charge < -0.3 is 19.9 Å². The topological polar surface area (TPSA) is 85.3 Å². The lowest BCUT2D eigenvalue weighted by atomic mass is 10.2. The van der Waals surface area contributed by atoms with Crippen molar-refractivity contribution in [1.82, 2.24) is 14.9 Å². The Bertz CT molecular complexity index is 980. The van der Waals surface area contributed by atoms with E-state index in [1.807, 2.05) is 43.3 Å². The van der Waals surface area contributed by atoms with Crippen LogP contribution in [0.15, 0.2) is 48.8 Å².